The van der Waals surface area contributed by atoms with Gasteiger partial charge in [0, 0.05) is 17.3 Å². The number of methoxy groups -OCH3 is 1. The van der Waals surface area contributed by atoms with Gasteiger partial charge in [-0.15, -0.1) is 0 Å². The van der Waals surface area contributed by atoms with Crippen molar-refractivity contribution in [2.24, 2.45) is 0 Å². The molecule has 0 aliphatic heterocycles. The Labute approximate surface area is 127 Å². The molecule has 5 heteroatoms. The van der Waals surface area contributed by atoms with Crippen LogP contribution in [-0.4, -0.2) is 17.1 Å². The van der Waals surface area contributed by atoms with Crippen molar-refractivity contribution >= 4 is 0 Å². The minimum atomic E-state index is 0.300. The van der Waals surface area contributed by atoms with Crippen molar-refractivity contribution in [2.75, 3.05) is 7.11 Å². The van der Waals surface area contributed by atoms with E-state index in [1.54, 1.807) is 19.6 Å². The Hall–Kier alpha value is -3.13. The molecule has 5 nitrogen and oxygen atoms in total. The van der Waals surface area contributed by atoms with Crippen LogP contribution < -0.4 is 4.74 Å². The van der Waals surface area contributed by atoms with Crippen LogP contribution >= 0.6 is 0 Å². The van der Waals surface area contributed by atoms with Crippen LogP contribution in [0.1, 0.15) is 5.56 Å². The molecule has 0 saturated carbocycles. The minimum Gasteiger partial charge on any atom is -0.496 e. The molecule has 0 radical (unpaired) electrons. The molecule has 0 atom stereocenters. The van der Waals surface area contributed by atoms with Crippen molar-refractivity contribution in [1.82, 2.24) is 9.97 Å². The average Bonchev–Trinajstić information content (AvgIpc) is 3.06. The van der Waals surface area contributed by atoms with Gasteiger partial charge >= 0.3 is 0 Å². The van der Waals surface area contributed by atoms with Gasteiger partial charge in [0.15, 0.2) is 0 Å². The molecule has 3 rings (SSSR count). The molecule has 2 aromatic heterocycles. The van der Waals surface area contributed by atoms with Gasteiger partial charge in [0.05, 0.1) is 25.3 Å². The number of hydrogen-bond acceptors (Lipinski definition) is 5. The summed E-state index contributed by atoms with van der Waals surface area (Å²) in [5, 5.41) is 8.81. The van der Waals surface area contributed by atoms with E-state index in [-0.39, 0.29) is 0 Å². The number of ether oxygens (including phenoxy) is 1. The van der Waals surface area contributed by atoms with Gasteiger partial charge in [-0.3, -0.25) is 4.98 Å². The number of nitriles is 1. The second-order valence-corrected chi connectivity index (χ2v) is 4.61. The average molecular weight is 291 g/mol. The number of oxazole rings is 1. The fourth-order valence-corrected chi connectivity index (χ4v) is 2.15. The van der Waals surface area contributed by atoms with Crippen LogP contribution in [0.2, 0.25) is 0 Å². The van der Waals surface area contributed by atoms with Crippen molar-refractivity contribution in [1.29, 1.82) is 5.26 Å². The third kappa shape index (κ3) is 2.67. The molecule has 0 saturated heterocycles. The molecular weight excluding hydrogens is 278 g/mol. The number of pyridine rings is 1. The zero-order chi connectivity index (χ0) is 15.4. The minimum absolute atomic E-state index is 0.300. The highest BCUT2D eigenvalue weighted by Gasteiger charge is 2.12. The lowest BCUT2D eigenvalue weighted by Gasteiger charge is -2.06. The molecule has 0 aliphatic rings. The fourth-order valence-electron chi connectivity index (χ4n) is 2.15. The van der Waals surface area contributed by atoms with E-state index in [0.29, 0.717) is 23.8 Å². The van der Waals surface area contributed by atoms with Crippen LogP contribution in [0.3, 0.4) is 0 Å². The van der Waals surface area contributed by atoms with Gasteiger partial charge in [0.25, 0.3) is 0 Å². The molecule has 0 N–H and O–H groups in total. The largest absolute Gasteiger partial charge is 0.496 e. The summed E-state index contributed by atoms with van der Waals surface area (Å²) in [6, 6.07) is 13.3. The van der Waals surface area contributed by atoms with Gasteiger partial charge < -0.3 is 9.15 Å². The van der Waals surface area contributed by atoms with Crippen molar-refractivity contribution in [3.8, 4) is 34.7 Å². The second kappa shape index (κ2) is 6.10. The predicted octanol–water partition coefficient (Wildman–Crippen LogP) is 3.48. The van der Waals surface area contributed by atoms with Gasteiger partial charge in [0.1, 0.15) is 17.7 Å². The third-order valence-corrected chi connectivity index (χ3v) is 3.24. The lowest BCUT2D eigenvalue weighted by molar-refractivity contribution is 0.411. The lowest BCUT2D eigenvalue weighted by Crippen LogP contribution is -1.92. The number of aromatic nitrogens is 2. The van der Waals surface area contributed by atoms with E-state index in [9.17, 15) is 0 Å². The summed E-state index contributed by atoms with van der Waals surface area (Å²) in [6.07, 6.45) is 3.59. The first-order valence-electron chi connectivity index (χ1n) is 6.73. The number of hydrogen-bond donors (Lipinski definition) is 0. The van der Waals surface area contributed by atoms with E-state index >= 15 is 0 Å². The Morgan fingerprint density at radius 2 is 2.14 bits per heavy atom. The molecule has 0 amide bonds. The van der Waals surface area contributed by atoms with E-state index in [0.717, 1.165) is 16.8 Å². The van der Waals surface area contributed by atoms with Crippen LogP contribution in [0.25, 0.3) is 22.8 Å². The smallest absolute Gasteiger partial charge is 0.226 e. The van der Waals surface area contributed by atoms with Crippen LogP contribution in [0.15, 0.2) is 53.3 Å². The lowest BCUT2D eigenvalue weighted by atomic mass is 10.1. The van der Waals surface area contributed by atoms with Crippen LogP contribution in [0.4, 0.5) is 0 Å². The van der Waals surface area contributed by atoms with E-state index in [1.807, 2.05) is 36.4 Å². The topological polar surface area (TPSA) is 71.9 Å². The molecule has 0 spiro atoms. The summed E-state index contributed by atoms with van der Waals surface area (Å²) in [4.78, 5) is 8.70. The monoisotopic (exact) mass is 291 g/mol. The molecule has 0 fully saturated rings. The summed E-state index contributed by atoms with van der Waals surface area (Å²) < 4.78 is 10.9. The third-order valence-electron chi connectivity index (χ3n) is 3.24. The highest BCUT2D eigenvalue weighted by molar-refractivity contribution is 5.62. The van der Waals surface area contributed by atoms with Gasteiger partial charge in [-0.25, -0.2) is 4.98 Å². The van der Waals surface area contributed by atoms with E-state index in [2.05, 4.69) is 16.0 Å². The molecule has 0 unspecified atom stereocenters. The van der Waals surface area contributed by atoms with Crippen LogP contribution in [0, 0.1) is 11.3 Å². The number of benzene rings is 1. The zero-order valence-electron chi connectivity index (χ0n) is 12.0. The van der Waals surface area contributed by atoms with E-state index in [4.69, 9.17) is 14.4 Å². The van der Waals surface area contributed by atoms with Crippen molar-refractivity contribution in [3.05, 3.63) is 54.4 Å². The fraction of sp³-hybridized carbons (Fsp3) is 0.118. The first-order chi connectivity index (χ1) is 10.8. The summed E-state index contributed by atoms with van der Waals surface area (Å²) >= 11 is 0. The molecule has 0 bridgehead atoms. The maximum absolute atomic E-state index is 8.81. The highest BCUT2D eigenvalue weighted by Crippen LogP contribution is 2.28. The van der Waals surface area contributed by atoms with Crippen molar-refractivity contribution in [2.45, 2.75) is 6.42 Å². The Morgan fingerprint density at radius 3 is 2.86 bits per heavy atom. The molecule has 2 heterocycles. The zero-order valence-corrected chi connectivity index (χ0v) is 12.0. The SMILES string of the molecule is COc1cc(-c2nc(-c3ccccn3)co2)ccc1CC#N. The van der Waals surface area contributed by atoms with Gasteiger partial charge in [-0.05, 0) is 24.3 Å². The molecule has 0 aliphatic carbocycles. The van der Waals surface area contributed by atoms with Gasteiger partial charge in [0.2, 0.25) is 5.89 Å². The van der Waals surface area contributed by atoms with E-state index < -0.39 is 0 Å². The highest BCUT2D eigenvalue weighted by atomic mass is 16.5. The Kier molecular flexibility index (Phi) is 3.84. The van der Waals surface area contributed by atoms with Gasteiger partial charge in [-0.2, -0.15) is 5.26 Å². The summed E-state index contributed by atoms with van der Waals surface area (Å²) in [5.41, 5.74) is 3.06. The second-order valence-electron chi connectivity index (χ2n) is 4.61. The van der Waals surface area contributed by atoms with Crippen molar-refractivity contribution in [3.63, 3.8) is 0 Å². The summed E-state index contributed by atoms with van der Waals surface area (Å²) in [6.45, 7) is 0. The standard InChI is InChI=1S/C17H13N3O2/c1-21-16-10-13(6-5-12(16)7-8-18)17-20-15(11-22-17)14-4-2-3-9-19-14/h2-6,9-11H,7H2,1H3. The first-order valence-corrected chi connectivity index (χ1v) is 6.73. The number of rotatable bonds is 4. The maximum Gasteiger partial charge on any atom is 0.226 e. The maximum atomic E-state index is 8.81. The quantitative estimate of drug-likeness (QED) is 0.736. The molecular formula is C17H13N3O2. The Morgan fingerprint density at radius 1 is 1.23 bits per heavy atom. The molecule has 3 aromatic rings. The van der Waals surface area contributed by atoms with Crippen LogP contribution in [0.5, 0.6) is 5.75 Å². The molecule has 108 valence electrons. The normalized spacial score (nSPS) is 10.2. The summed E-state index contributed by atoms with van der Waals surface area (Å²) in [7, 11) is 1.58. The number of nitrogens with zero attached hydrogens (tertiary/aromatic N) is 3. The van der Waals surface area contributed by atoms with E-state index in [1.165, 1.54) is 0 Å². The van der Waals surface area contributed by atoms with Crippen molar-refractivity contribution < 1.29 is 9.15 Å². The Bertz CT molecular complexity index is 819. The predicted molar refractivity (Wildman–Crippen MR) is 81.0 cm³/mol. The van der Waals surface area contributed by atoms with Gasteiger partial charge in [-0.1, -0.05) is 12.1 Å². The molecule has 22 heavy (non-hydrogen) atoms. The Balaban J connectivity index is 1.95. The van der Waals surface area contributed by atoms with Crippen LogP contribution in [-0.2, 0) is 6.42 Å². The summed E-state index contributed by atoms with van der Waals surface area (Å²) in [5.74, 6) is 1.14. The molecule has 1 aromatic carbocycles. The first kappa shape index (κ1) is 13.8.